The van der Waals surface area contributed by atoms with Gasteiger partial charge in [-0.1, -0.05) is 42.5 Å². The predicted octanol–water partition coefficient (Wildman–Crippen LogP) is 5.94. The lowest BCUT2D eigenvalue weighted by atomic mass is 10.0. The summed E-state index contributed by atoms with van der Waals surface area (Å²) in [6, 6.07) is 22.5. The first-order valence-electron chi connectivity index (χ1n) is 8.46. The Kier molecular flexibility index (Phi) is 4.67. The molecule has 0 unspecified atom stereocenters. The molecule has 134 valence electrons. The van der Waals surface area contributed by atoms with Crippen LogP contribution in [-0.4, -0.2) is 9.91 Å². The van der Waals surface area contributed by atoms with Gasteiger partial charge in [-0.05, 0) is 34.5 Å². The zero-order valence-corrected chi connectivity index (χ0v) is 15.4. The number of nitriles is 1. The van der Waals surface area contributed by atoms with Crippen LogP contribution in [-0.2, 0) is 0 Å². The second-order valence-corrected chi connectivity index (χ2v) is 6.94. The number of nitrogens with zero attached hydrogens (tertiary/aromatic N) is 3. The number of fused-ring (bicyclic) bond motifs is 1. The monoisotopic (exact) mass is 383 g/mol. The number of hydrogen-bond acceptors (Lipinski definition) is 5. The van der Waals surface area contributed by atoms with Gasteiger partial charge in [-0.2, -0.15) is 5.26 Å². The number of rotatable bonds is 4. The highest BCUT2D eigenvalue weighted by atomic mass is 32.1. The molecular weight excluding hydrogens is 370 g/mol. The molecule has 0 atom stereocenters. The van der Waals surface area contributed by atoms with E-state index in [0.717, 1.165) is 21.9 Å². The Balaban J connectivity index is 1.71. The van der Waals surface area contributed by atoms with Gasteiger partial charge in [0.05, 0.1) is 16.2 Å². The maximum absolute atomic E-state index is 10.8. The SMILES string of the molecule is N#CC(=Cc1cccc2ccccc12)c1nc(-c2ccc([N+](=O)[O-])cc2)cs1. The molecule has 1 aromatic heterocycles. The van der Waals surface area contributed by atoms with E-state index in [9.17, 15) is 15.4 Å². The van der Waals surface area contributed by atoms with Gasteiger partial charge < -0.3 is 0 Å². The van der Waals surface area contributed by atoms with Gasteiger partial charge in [-0.3, -0.25) is 10.1 Å². The number of hydrogen-bond donors (Lipinski definition) is 0. The van der Waals surface area contributed by atoms with Gasteiger partial charge in [0, 0.05) is 23.1 Å². The summed E-state index contributed by atoms with van der Waals surface area (Å²) in [6.45, 7) is 0. The molecule has 0 spiro atoms. The fraction of sp³-hybridized carbons (Fsp3) is 0. The largest absolute Gasteiger partial charge is 0.269 e. The third-order valence-electron chi connectivity index (χ3n) is 4.35. The Morgan fingerprint density at radius 2 is 1.82 bits per heavy atom. The van der Waals surface area contributed by atoms with Gasteiger partial charge >= 0.3 is 0 Å². The van der Waals surface area contributed by atoms with Gasteiger partial charge in [0.2, 0.25) is 0 Å². The number of non-ortho nitro benzene ring substituents is 1. The van der Waals surface area contributed by atoms with E-state index in [-0.39, 0.29) is 5.69 Å². The molecule has 0 aliphatic rings. The van der Waals surface area contributed by atoms with Gasteiger partial charge in [0.1, 0.15) is 11.1 Å². The Morgan fingerprint density at radius 3 is 2.57 bits per heavy atom. The van der Waals surface area contributed by atoms with Crippen molar-refractivity contribution in [1.82, 2.24) is 4.98 Å². The summed E-state index contributed by atoms with van der Waals surface area (Å²) in [7, 11) is 0. The smallest absolute Gasteiger partial charge is 0.258 e. The van der Waals surface area contributed by atoms with Crippen LogP contribution in [0.2, 0.25) is 0 Å². The van der Waals surface area contributed by atoms with Crippen molar-refractivity contribution >= 4 is 39.4 Å². The molecular formula is C22H13N3O2S. The summed E-state index contributed by atoms with van der Waals surface area (Å²) >= 11 is 1.38. The third-order valence-corrected chi connectivity index (χ3v) is 5.23. The molecule has 0 saturated heterocycles. The second kappa shape index (κ2) is 7.43. The van der Waals surface area contributed by atoms with E-state index in [2.05, 4.69) is 11.1 Å². The zero-order chi connectivity index (χ0) is 19.5. The van der Waals surface area contributed by atoms with Crippen LogP contribution in [0.3, 0.4) is 0 Å². The molecule has 0 aliphatic carbocycles. The van der Waals surface area contributed by atoms with E-state index in [1.807, 2.05) is 53.9 Å². The molecule has 0 radical (unpaired) electrons. The maximum atomic E-state index is 10.8. The van der Waals surface area contributed by atoms with Crippen molar-refractivity contribution < 1.29 is 4.92 Å². The molecule has 4 rings (SSSR count). The fourth-order valence-electron chi connectivity index (χ4n) is 2.96. The topological polar surface area (TPSA) is 79.8 Å². The molecule has 0 amide bonds. The number of thiazole rings is 1. The highest BCUT2D eigenvalue weighted by molar-refractivity contribution is 7.11. The van der Waals surface area contributed by atoms with Crippen molar-refractivity contribution in [3.63, 3.8) is 0 Å². The fourth-order valence-corrected chi connectivity index (χ4v) is 3.75. The van der Waals surface area contributed by atoms with Crippen LogP contribution in [0.4, 0.5) is 5.69 Å². The van der Waals surface area contributed by atoms with Crippen molar-refractivity contribution in [2.24, 2.45) is 0 Å². The first kappa shape index (κ1) is 17.6. The lowest BCUT2D eigenvalue weighted by Crippen LogP contribution is -1.87. The summed E-state index contributed by atoms with van der Waals surface area (Å²) < 4.78 is 0. The molecule has 5 nitrogen and oxygen atoms in total. The van der Waals surface area contributed by atoms with E-state index in [0.29, 0.717) is 16.3 Å². The van der Waals surface area contributed by atoms with E-state index < -0.39 is 4.92 Å². The van der Waals surface area contributed by atoms with Gasteiger partial charge in [0.25, 0.3) is 5.69 Å². The van der Waals surface area contributed by atoms with Gasteiger partial charge in [-0.25, -0.2) is 4.98 Å². The molecule has 6 heteroatoms. The van der Waals surface area contributed by atoms with E-state index in [1.54, 1.807) is 12.1 Å². The molecule has 0 bridgehead atoms. The van der Waals surface area contributed by atoms with Crippen molar-refractivity contribution in [1.29, 1.82) is 5.26 Å². The highest BCUT2D eigenvalue weighted by Gasteiger charge is 2.11. The van der Waals surface area contributed by atoms with Gasteiger partial charge in [-0.15, -0.1) is 11.3 Å². The number of nitro benzene ring substituents is 1. The minimum atomic E-state index is -0.434. The standard InChI is InChI=1S/C22H13N3O2S/c23-13-18(12-17-6-3-5-15-4-1-2-7-20(15)17)22-24-21(14-28-22)16-8-10-19(11-9-16)25(26)27/h1-12,14H. The normalized spacial score (nSPS) is 11.3. The van der Waals surface area contributed by atoms with Crippen molar-refractivity contribution in [3.8, 4) is 17.3 Å². The minimum Gasteiger partial charge on any atom is -0.258 e. The number of allylic oxidation sites excluding steroid dienone is 1. The molecule has 4 aromatic rings. The van der Waals surface area contributed by atoms with E-state index in [1.165, 1.54) is 23.5 Å². The summed E-state index contributed by atoms with van der Waals surface area (Å²) in [5.74, 6) is 0. The lowest BCUT2D eigenvalue weighted by molar-refractivity contribution is -0.384. The maximum Gasteiger partial charge on any atom is 0.269 e. The van der Waals surface area contributed by atoms with Crippen LogP contribution in [0.25, 0.3) is 33.7 Å². The zero-order valence-electron chi connectivity index (χ0n) is 14.6. The summed E-state index contributed by atoms with van der Waals surface area (Å²) in [5.41, 5.74) is 2.94. The van der Waals surface area contributed by atoms with Crippen molar-refractivity contribution in [2.75, 3.05) is 0 Å². The van der Waals surface area contributed by atoms with E-state index >= 15 is 0 Å². The van der Waals surface area contributed by atoms with Crippen molar-refractivity contribution in [3.05, 3.63) is 92.8 Å². The van der Waals surface area contributed by atoms with Crippen LogP contribution in [0.15, 0.2) is 72.1 Å². The summed E-state index contributed by atoms with van der Waals surface area (Å²) in [4.78, 5) is 14.9. The highest BCUT2D eigenvalue weighted by Crippen LogP contribution is 2.29. The van der Waals surface area contributed by atoms with Crippen LogP contribution < -0.4 is 0 Å². The Morgan fingerprint density at radius 1 is 1.07 bits per heavy atom. The average molecular weight is 383 g/mol. The summed E-state index contributed by atoms with van der Waals surface area (Å²) in [6.07, 6.45) is 1.85. The molecule has 0 aliphatic heterocycles. The average Bonchev–Trinajstić information content (AvgIpc) is 3.22. The minimum absolute atomic E-state index is 0.0350. The summed E-state index contributed by atoms with van der Waals surface area (Å²) in [5, 5.41) is 25.1. The van der Waals surface area contributed by atoms with Crippen LogP contribution in [0, 0.1) is 21.4 Å². The Labute approximate surface area is 165 Å². The molecule has 3 aromatic carbocycles. The number of nitro groups is 1. The van der Waals surface area contributed by atoms with Crippen LogP contribution in [0.5, 0.6) is 0 Å². The lowest BCUT2D eigenvalue weighted by Gasteiger charge is -2.02. The first-order valence-corrected chi connectivity index (χ1v) is 9.34. The van der Waals surface area contributed by atoms with Crippen LogP contribution >= 0.6 is 11.3 Å². The van der Waals surface area contributed by atoms with Crippen molar-refractivity contribution in [2.45, 2.75) is 0 Å². The Hall–Kier alpha value is -3.82. The predicted molar refractivity (Wildman–Crippen MR) is 112 cm³/mol. The molecule has 0 saturated carbocycles. The van der Waals surface area contributed by atoms with E-state index in [4.69, 9.17) is 0 Å². The Bertz CT molecular complexity index is 1250. The molecule has 0 N–H and O–H groups in total. The quantitative estimate of drug-likeness (QED) is 0.248. The van der Waals surface area contributed by atoms with Gasteiger partial charge in [0.15, 0.2) is 0 Å². The molecule has 28 heavy (non-hydrogen) atoms. The number of aromatic nitrogens is 1. The van der Waals surface area contributed by atoms with Crippen LogP contribution in [0.1, 0.15) is 10.6 Å². The number of benzene rings is 3. The molecule has 1 heterocycles. The first-order chi connectivity index (χ1) is 13.7. The molecule has 0 fully saturated rings. The second-order valence-electron chi connectivity index (χ2n) is 6.08. The third kappa shape index (κ3) is 3.39.